The molecule has 17 heavy (non-hydrogen) atoms. The summed E-state index contributed by atoms with van der Waals surface area (Å²) in [7, 11) is 2.14. The molecule has 0 bridgehead atoms. The molecule has 0 aromatic heterocycles. The van der Waals surface area contributed by atoms with E-state index in [1.54, 1.807) is 0 Å². The Labute approximate surface area is 109 Å². The number of nitrogen functional groups attached to an aromatic ring is 1. The van der Waals surface area contributed by atoms with E-state index in [0.717, 1.165) is 16.4 Å². The maximum atomic E-state index is 6.05. The van der Waals surface area contributed by atoms with E-state index in [0.29, 0.717) is 6.04 Å². The zero-order valence-electron chi connectivity index (χ0n) is 10.5. The van der Waals surface area contributed by atoms with Gasteiger partial charge >= 0.3 is 0 Å². The van der Waals surface area contributed by atoms with Crippen molar-refractivity contribution in [2.45, 2.75) is 44.6 Å². The lowest BCUT2D eigenvalue weighted by Gasteiger charge is -2.30. The molecule has 0 saturated heterocycles. The lowest BCUT2D eigenvalue weighted by molar-refractivity contribution is 0.553. The summed E-state index contributed by atoms with van der Waals surface area (Å²) < 4.78 is 0. The predicted molar refractivity (Wildman–Crippen MR) is 75.8 cm³/mol. The Morgan fingerprint density at radius 3 is 2.47 bits per heavy atom. The highest BCUT2D eigenvalue weighted by Crippen LogP contribution is 2.31. The molecule has 3 heteroatoms. The van der Waals surface area contributed by atoms with Crippen molar-refractivity contribution in [3.8, 4) is 0 Å². The van der Waals surface area contributed by atoms with Gasteiger partial charge in [-0.05, 0) is 31.0 Å². The van der Waals surface area contributed by atoms with Crippen LogP contribution in [0.4, 0.5) is 11.4 Å². The molecule has 0 unspecified atom stereocenters. The van der Waals surface area contributed by atoms with Crippen molar-refractivity contribution in [1.29, 1.82) is 0 Å². The molecule has 2 N–H and O–H groups in total. The Morgan fingerprint density at radius 2 is 1.82 bits per heavy atom. The highest BCUT2D eigenvalue weighted by molar-refractivity contribution is 6.31. The Morgan fingerprint density at radius 1 is 1.18 bits per heavy atom. The van der Waals surface area contributed by atoms with Crippen molar-refractivity contribution in [3.63, 3.8) is 0 Å². The molecule has 1 fully saturated rings. The van der Waals surface area contributed by atoms with Gasteiger partial charge in [0.1, 0.15) is 0 Å². The number of rotatable bonds is 2. The van der Waals surface area contributed by atoms with E-state index in [-0.39, 0.29) is 0 Å². The summed E-state index contributed by atoms with van der Waals surface area (Å²) in [6.45, 7) is 0. The SMILES string of the molecule is CN(c1cc(Cl)ccc1N)C1CCCCCC1. The van der Waals surface area contributed by atoms with Crippen LogP contribution in [0.2, 0.25) is 5.02 Å². The van der Waals surface area contributed by atoms with Crippen LogP contribution in [0, 0.1) is 0 Å². The summed E-state index contributed by atoms with van der Waals surface area (Å²) in [5, 5.41) is 0.759. The number of nitrogens with two attached hydrogens (primary N) is 1. The van der Waals surface area contributed by atoms with Gasteiger partial charge in [0.15, 0.2) is 0 Å². The highest BCUT2D eigenvalue weighted by Gasteiger charge is 2.18. The second kappa shape index (κ2) is 5.63. The van der Waals surface area contributed by atoms with Crippen molar-refractivity contribution in [3.05, 3.63) is 23.2 Å². The summed E-state index contributed by atoms with van der Waals surface area (Å²) >= 11 is 6.05. The van der Waals surface area contributed by atoms with Crippen LogP contribution in [0.1, 0.15) is 38.5 Å². The maximum absolute atomic E-state index is 6.05. The van der Waals surface area contributed by atoms with Gasteiger partial charge < -0.3 is 10.6 Å². The van der Waals surface area contributed by atoms with Gasteiger partial charge in [0.2, 0.25) is 0 Å². The van der Waals surface area contributed by atoms with Gasteiger partial charge in [0.25, 0.3) is 0 Å². The van der Waals surface area contributed by atoms with Gasteiger partial charge in [-0.25, -0.2) is 0 Å². The van der Waals surface area contributed by atoms with E-state index < -0.39 is 0 Å². The third kappa shape index (κ3) is 3.06. The minimum Gasteiger partial charge on any atom is -0.397 e. The molecule has 0 spiro atoms. The fraction of sp³-hybridized carbons (Fsp3) is 0.571. The summed E-state index contributed by atoms with van der Waals surface area (Å²) in [5.74, 6) is 0. The van der Waals surface area contributed by atoms with Gasteiger partial charge in [0, 0.05) is 18.1 Å². The number of nitrogens with zero attached hydrogens (tertiary/aromatic N) is 1. The lowest BCUT2D eigenvalue weighted by Crippen LogP contribution is -2.31. The van der Waals surface area contributed by atoms with Gasteiger partial charge in [-0.15, -0.1) is 0 Å². The zero-order chi connectivity index (χ0) is 12.3. The standard InChI is InChI=1S/C14H21ClN2/c1-17(12-6-4-2-3-5-7-12)14-10-11(15)8-9-13(14)16/h8-10,12H,2-7,16H2,1H3. The van der Waals surface area contributed by atoms with Crippen LogP contribution in [0.3, 0.4) is 0 Å². The topological polar surface area (TPSA) is 29.3 Å². The maximum Gasteiger partial charge on any atom is 0.0614 e. The van der Waals surface area contributed by atoms with Crippen LogP contribution in [-0.4, -0.2) is 13.1 Å². The number of benzene rings is 1. The molecule has 1 aliphatic carbocycles. The molecular formula is C14H21ClN2. The van der Waals surface area contributed by atoms with E-state index in [2.05, 4.69) is 11.9 Å². The summed E-state index contributed by atoms with van der Waals surface area (Å²) in [6.07, 6.45) is 7.93. The van der Waals surface area contributed by atoms with E-state index in [9.17, 15) is 0 Å². The van der Waals surface area contributed by atoms with Gasteiger partial charge in [-0.2, -0.15) is 0 Å². The van der Waals surface area contributed by atoms with E-state index in [1.165, 1.54) is 38.5 Å². The third-order valence-electron chi connectivity index (χ3n) is 3.74. The Bertz CT molecular complexity index is 370. The minimum absolute atomic E-state index is 0.610. The van der Waals surface area contributed by atoms with Crippen molar-refractivity contribution >= 4 is 23.0 Å². The molecule has 0 atom stereocenters. The van der Waals surface area contributed by atoms with E-state index in [1.807, 2.05) is 18.2 Å². The van der Waals surface area contributed by atoms with Crippen molar-refractivity contribution < 1.29 is 0 Å². The van der Waals surface area contributed by atoms with Crippen molar-refractivity contribution in [2.75, 3.05) is 17.7 Å². The summed E-state index contributed by atoms with van der Waals surface area (Å²) in [4.78, 5) is 2.31. The second-order valence-electron chi connectivity index (χ2n) is 4.96. The first kappa shape index (κ1) is 12.6. The molecular weight excluding hydrogens is 232 g/mol. The fourth-order valence-electron chi connectivity index (χ4n) is 2.66. The summed E-state index contributed by atoms with van der Waals surface area (Å²) in [5.41, 5.74) is 7.93. The molecule has 1 aromatic carbocycles. The number of hydrogen-bond donors (Lipinski definition) is 1. The van der Waals surface area contributed by atoms with Gasteiger partial charge in [0.05, 0.1) is 11.4 Å². The smallest absolute Gasteiger partial charge is 0.0614 e. The Hall–Kier alpha value is -0.890. The molecule has 1 saturated carbocycles. The highest BCUT2D eigenvalue weighted by atomic mass is 35.5. The normalized spacial score (nSPS) is 17.8. The third-order valence-corrected chi connectivity index (χ3v) is 3.98. The van der Waals surface area contributed by atoms with Crippen LogP contribution < -0.4 is 10.6 Å². The van der Waals surface area contributed by atoms with E-state index >= 15 is 0 Å². The Kier molecular flexibility index (Phi) is 4.16. The first-order valence-corrected chi connectivity index (χ1v) is 6.84. The van der Waals surface area contributed by atoms with Crippen LogP contribution in [0.15, 0.2) is 18.2 Å². The number of hydrogen-bond acceptors (Lipinski definition) is 2. The van der Waals surface area contributed by atoms with Crippen LogP contribution in [0.25, 0.3) is 0 Å². The minimum atomic E-state index is 0.610. The van der Waals surface area contributed by atoms with Gasteiger partial charge in [-0.3, -0.25) is 0 Å². The molecule has 0 heterocycles. The van der Waals surface area contributed by atoms with Crippen molar-refractivity contribution in [1.82, 2.24) is 0 Å². The molecule has 0 amide bonds. The lowest BCUT2D eigenvalue weighted by atomic mass is 10.1. The fourth-order valence-corrected chi connectivity index (χ4v) is 2.83. The second-order valence-corrected chi connectivity index (χ2v) is 5.40. The Balaban J connectivity index is 2.16. The molecule has 2 rings (SSSR count). The summed E-state index contributed by atoms with van der Waals surface area (Å²) in [6, 6.07) is 6.33. The molecule has 94 valence electrons. The van der Waals surface area contributed by atoms with Crippen molar-refractivity contribution in [2.24, 2.45) is 0 Å². The average Bonchev–Trinajstić information content (AvgIpc) is 2.60. The van der Waals surface area contributed by atoms with E-state index in [4.69, 9.17) is 17.3 Å². The first-order chi connectivity index (χ1) is 8.18. The molecule has 0 radical (unpaired) electrons. The van der Waals surface area contributed by atoms with Crippen LogP contribution >= 0.6 is 11.6 Å². The first-order valence-electron chi connectivity index (χ1n) is 6.46. The zero-order valence-corrected chi connectivity index (χ0v) is 11.2. The molecule has 2 nitrogen and oxygen atoms in total. The average molecular weight is 253 g/mol. The molecule has 1 aromatic rings. The molecule has 1 aliphatic rings. The quantitative estimate of drug-likeness (QED) is 0.635. The number of anilines is 2. The van der Waals surface area contributed by atoms with Crippen LogP contribution in [-0.2, 0) is 0 Å². The van der Waals surface area contributed by atoms with Gasteiger partial charge in [-0.1, -0.05) is 37.3 Å². The predicted octanol–water partition coefficient (Wildman–Crippen LogP) is 4.08. The monoisotopic (exact) mass is 252 g/mol. The van der Waals surface area contributed by atoms with Crippen LogP contribution in [0.5, 0.6) is 0 Å². The largest absolute Gasteiger partial charge is 0.397 e. The number of halogens is 1. The molecule has 0 aliphatic heterocycles.